The van der Waals surface area contributed by atoms with Gasteiger partial charge in [-0.3, -0.25) is 0 Å². The van der Waals surface area contributed by atoms with Crippen molar-refractivity contribution in [1.82, 2.24) is 4.90 Å². The average molecular weight is 206 g/mol. The lowest BCUT2D eigenvalue weighted by Crippen LogP contribution is -2.32. The van der Waals surface area contributed by atoms with Crippen molar-refractivity contribution in [2.75, 3.05) is 19.9 Å². The van der Waals surface area contributed by atoms with Gasteiger partial charge in [-0.15, -0.1) is 0 Å². The zero-order valence-electron chi connectivity index (χ0n) is 8.77. The van der Waals surface area contributed by atoms with Crippen LogP contribution >= 0.6 is 0 Å². The van der Waals surface area contributed by atoms with Crippen molar-refractivity contribution < 1.29 is 4.74 Å². The molecule has 4 N–H and O–H groups in total. The van der Waals surface area contributed by atoms with Crippen LogP contribution in [0.1, 0.15) is 11.7 Å². The zero-order valence-corrected chi connectivity index (χ0v) is 8.77. The van der Waals surface area contributed by atoms with Gasteiger partial charge < -0.3 is 21.1 Å². The lowest BCUT2D eigenvalue weighted by Gasteiger charge is -2.27. The van der Waals surface area contributed by atoms with Crippen molar-refractivity contribution in [2.24, 2.45) is 10.7 Å². The number of ether oxygens (including phenoxy) is 1. The number of nitrogen functional groups attached to an aromatic ring is 1. The SMILES string of the molecule is COc1cc2c(cc1N)C(N)N(C)C=N2. The van der Waals surface area contributed by atoms with Crippen LogP contribution in [0.25, 0.3) is 0 Å². The number of hydrogen-bond donors (Lipinski definition) is 2. The van der Waals surface area contributed by atoms with Crippen LogP contribution in [0.4, 0.5) is 11.4 Å². The summed E-state index contributed by atoms with van der Waals surface area (Å²) in [7, 11) is 3.45. The van der Waals surface area contributed by atoms with Gasteiger partial charge in [0.15, 0.2) is 0 Å². The Hall–Kier alpha value is -1.75. The number of rotatable bonds is 1. The summed E-state index contributed by atoms with van der Waals surface area (Å²) in [6.07, 6.45) is 1.49. The molecule has 1 aromatic carbocycles. The Balaban J connectivity index is 2.54. The van der Waals surface area contributed by atoms with Crippen molar-refractivity contribution in [3.8, 4) is 5.75 Å². The predicted molar refractivity (Wildman–Crippen MR) is 60.2 cm³/mol. The van der Waals surface area contributed by atoms with Gasteiger partial charge in [0, 0.05) is 18.7 Å². The fourth-order valence-electron chi connectivity index (χ4n) is 1.57. The molecule has 1 heterocycles. The number of anilines is 1. The average Bonchev–Trinajstić information content (AvgIpc) is 2.24. The molecule has 15 heavy (non-hydrogen) atoms. The van der Waals surface area contributed by atoms with E-state index in [0.717, 1.165) is 11.3 Å². The highest BCUT2D eigenvalue weighted by atomic mass is 16.5. The minimum absolute atomic E-state index is 0.203. The molecule has 0 fully saturated rings. The summed E-state index contributed by atoms with van der Waals surface area (Å²) in [6.45, 7) is 0. The molecule has 1 aliphatic rings. The molecule has 0 aliphatic carbocycles. The highest BCUT2D eigenvalue weighted by Crippen LogP contribution is 2.36. The van der Waals surface area contributed by atoms with Gasteiger partial charge in [-0.25, -0.2) is 4.99 Å². The highest BCUT2D eigenvalue weighted by Gasteiger charge is 2.19. The second-order valence-electron chi connectivity index (χ2n) is 3.51. The van der Waals surface area contributed by atoms with Crippen molar-refractivity contribution >= 4 is 17.7 Å². The summed E-state index contributed by atoms with van der Waals surface area (Å²) in [5.74, 6) is 0.627. The van der Waals surface area contributed by atoms with E-state index in [-0.39, 0.29) is 6.17 Å². The minimum Gasteiger partial charge on any atom is -0.495 e. The maximum atomic E-state index is 5.99. The molecule has 1 unspecified atom stereocenters. The Kier molecular flexibility index (Phi) is 2.24. The molecule has 0 aromatic heterocycles. The maximum absolute atomic E-state index is 5.99. The van der Waals surface area contributed by atoms with E-state index >= 15 is 0 Å². The molecule has 2 rings (SSSR count). The first-order valence-electron chi connectivity index (χ1n) is 4.62. The summed E-state index contributed by atoms with van der Waals surface area (Å²) in [6, 6.07) is 3.61. The van der Waals surface area contributed by atoms with Crippen molar-refractivity contribution in [1.29, 1.82) is 0 Å². The molecular weight excluding hydrogens is 192 g/mol. The first kappa shape index (κ1) is 9.79. The molecule has 0 saturated carbocycles. The van der Waals surface area contributed by atoms with Crippen LogP contribution in [0.15, 0.2) is 17.1 Å². The van der Waals surface area contributed by atoms with Crippen LogP contribution in [0.2, 0.25) is 0 Å². The van der Waals surface area contributed by atoms with Gasteiger partial charge in [0.05, 0.1) is 24.8 Å². The van der Waals surface area contributed by atoms with Crippen LogP contribution in [0, 0.1) is 0 Å². The molecule has 0 radical (unpaired) electrons. The van der Waals surface area contributed by atoms with Gasteiger partial charge in [-0.1, -0.05) is 0 Å². The zero-order chi connectivity index (χ0) is 11.0. The van der Waals surface area contributed by atoms with E-state index in [2.05, 4.69) is 4.99 Å². The van der Waals surface area contributed by atoms with Crippen molar-refractivity contribution in [3.63, 3.8) is 0 Å². The lowest BCUT2D eigenvalue weighted by atomic mass is 10.1. The molecule has 0 amide bonds. The quantitative estimate of drug-likeness (QED) is 0.667. The fraction of sp³-hybridized carbons (Fsp3) is 0.300. The number of nitrogens with two attached hydrogens (primary N) is 2. The second kappa shape index (κ2) is 3.43. The lowest BCUT2D eigenvalue weighted by molar-refractivity contribution is 0.388. The van der Waals surface area contributed by atoms with Gasteiger partial charge in [0.25, 0.3) is 0 Å². The Morgan fingerprint density at radius 3 is 2.87 bits per heavy atom. The van der Waals surface area contributed by atoms with Gasteiger partial charge >= 0.3 is 0 Å². The number of methoxy groups -OCH3 is 1. The molecule has 0 spiro atoms. The molecule has 5 nitrogen and oxygen atoms in total. The van der Waals surface area contributed by atoms with E-state index < -0.39 is 0 Å². The van der Waals surface area contributed by atoms with E-state index in [0.29, 0.717) is 11.4 Å². The highest BCUT2D eigenvalue weighted by molar-refractivity contribution is 5.72. The topological polar surface area (TPSA) is 76.9 Å². The predicted octanol–water partition coefficient (Wildman–Crippen LogP) is 0.840. The Morgan fingerprint density at radius 1 is 1.47 bits per heavy atom. The van der Waals surface area contributed by atoms with Crippen LogP contribution in [0.3, 0.4) is 0 Å². The third-order valence-electron chi connectivity index (χ3n) is 2.52. The molecule has 0 saturated heterocycles. The monoisotopic (exact) mass is 206 g/mol. The second-order valence-corrected chi connectivity index (χ2v) is 3.51. The van der Waals surface area contributed by atoms with Gasteiger partial charge in [0.2, 0.25) is 0 Å². The molecule has 80 valence electrons. The van der Waals surface area contributed by atoms with Crippen molar-refractivity contribution in [2.45, 2.75) is 6.17 Å². The van der Waals surface area contributed by atoms with Crippen molar-refractivity contribution in [3.05, 3.63) is 17.7 Å². The number of nitrogens with zero attached hydrogens (tertiary/aromatic N) is 2. The standard InChI is InChI=1S/C10H14N4O/c1-14-5-13-8-4-9(15-2)7(11)3-6(8)10(14)12/h3-5,10H,11-12H2,1-2H3. The number of benzene rings is 1. The molecule has 1 aromatic rings. The first-order chi connectivity index (χ1) is 7.13. The third kappa shape index (κ3) is 1.50. The first-order valence-corrected chi connectivity index (χ1v) is 4.62. The molecule has 1 atom stereocenters. The Morgan fingerprint density at radius 2 is 2.20 bits per heavy atom. The van der Waals surface area contributed by atoms with Gasteiger partial charge in [0.1, 0.15) is 11.9 Å². The summed E-state index contributed by atoms with van der Waals surface area (Å²) in [5.41, 5.74) is 14.1. The summed E-state index contributed by atoms with van der Waals surface area (Å²) in [5, 5.41) is 0. The normalized spacial score (nSPS) is 18.9. The smallest absolute Gasteiger partial charge is 0.143 e. The molecule has 5 heteroatoms. The van der Waals surface area contributed by atoms with Gasteiger partial charge in [-0.2, -0.15) is 0 Å². The summed E-state index contributed by atoms with van der Waals surface area (Å²) < 4.78 is 5.12. The largest absolute Gasteiger partial charge is 0.495 e. The van der Waals surface area contributed by atoms with Crippen LogP contribution < -0.4 is 16.2 Å². The Bertz CT molecular complexity index is 416. The number of hydrogen-bond acceptors (Lipinski definition) is 5. The van der Waals surface area contributed by atoms with Crippen LogP contribution in [-0.2, 0) is 0 Å². The van der Waals surface area contributed by atoms with E-state index in [9.17, 15) is 0 Å². The van der Waals surface area contributed by atoms with E-state index in [1.165, 1.54) is 0 Å². The van der Waals surface area contributed by atoms with Gasteiger partial charge in [-0.05, 0) is 6.07 Å². The van der Waals surface area contributed by atoms with E-state index in [1.54, 1.807) is 19.5 Å². The van der Waals surface area contributed by atoms with E-state index in [4.69, 9.17) is 16.2 Å². The molecular formula is C10H14N4O. The number of fused-ring (bicyclic) bond motifs is 1. The van der Waals surface area contributed by atoms with E-state index in [1.807, 2.05) is 18.0 Å². The number of aliphatic imine (C=N–C) groups is 1. The molecule has 1 aliphatic heterocycles. The fourth-order valence-corrected chi connectivity index (χ4v) is 1.57. The minimum atomic E-state index is -0.203. The molecule has 0 bridgehead atoms. The van der Waals surface area contributed by atoms with Crippen LogP contribution in [0.5, 0.6) is 5.75 Å². The third-order valence-corrected chi connectivity index (χ3v) is 2.52. The maximum Gasteiger partial charge on any atom is 0.143 e. The summed E-state index contributed by atoms with van der Waals surface area (Å²) >= 11 is 0. The van der Waals surface area contributed by atoms with Crippen LogP contribution in [-0.4, -0.2) is 25.4 Å². The Labute approximate surface area is 88.3 Å². The summed E-state index contributed by atoms with van der Waals surface area (Å²) in [4.78, 5) is 6.09.